The van der Waals surface area contributed by atoms with Gasteiger partial charge in [-0.3, -0.25) is 4.90 Å². The number of thioether (sulfide) groups is 1. The molecule has 0 aliphatic carbocycles. The fourth-order valence-corrected chi connectivity index (χ4v) is 3.21. The Morgan fingerprint density at radius 2 is 2.07 bits per heavy atom. The molecule has 82 valence electrons. The summed E-state index contributed by atoms with van der Waals surface area (Å²) in [6.45, 7) is 3.31. The highest BCUT2D eigenvalue weighted by atomic mass is 79.9. The summed E-state index contributed by atoms with van der Waals surface area (Å²) in [5.41, 5.74) is 8.09. The number of rotatable bonds is 2. The van der Waals surface area contributed by atoms with Gasteiger partial charge in [-0.05, 0) is 12.1 Å². The highest BCUT2D eigenvalue weighted by molar-refractivity contribution is 9.10. The fourth-order valence-electron chi connectivity index (χ4n) is 1.73. The van der Waals surface area contributed by atoms with Crippen molar-refractivity contribution in [3.63, 3.8) is 0 Å². The van der Waals surface area contributed by atoms with Gasteiger partial charge < -0.3 is 5.73 Å². The number of nitrogen functional groups attached to an aromatic ring is 1. The number of anilines is 1. The van der Waals surface area contributed by atoms with Gasteiger partial charge in [-0.15, -0.1) is 0 Å². The van der Waals surface area contributed by atoms with E-state index in [0.29, 0.717) is 0 Å². The molecule has 0 radical (unpaired) electrons. The topological polar surface area (TPSA) is 29.3 Å². The van der Waals surface area contributed by atoms with Crippen molar-refractivity contribution in [2.75, 3.05) is 30.3 Å². The van der Waals surface area contributed by atoms with Gasteiger partial charge in [0.25, 0.3) is 0 Å². The Balaban J connectivity index is 2.09. The first-order valence-corrected chi connectivity index (χ1v) is 7.05. The smallest absolute Gasteiger partial charge is 0.0371 e. The summed E-state index contributed by atoms with van der Waals surface area (Å²) in [5.74, 6) is 2.48. The van der Waals surface area contributed by atoms with E-state index in [1.165, 1.54) is 30.2 Å². The van der Waals surface area contributed by atoms with Gasteiger partial charge in [-0.2, -0.15) is 11.8 Å². The molecule has 0 saturated carbocycles. The third-order valence-electron chi connectivity index (χ3n) is 2.64. The second-order valence-corrected chi connectivity index (χ2v) is 5.78. The van der Waals surface area contributed by atoms with Crippen LogP contribution in [0.2, 0.25) is 0 Å². The highest BCUT2D eigenvalue weighted by Crippen LogP contribution is 2.25. The summed E-state index contributed by atoms with van der Waals surface area (Å²) < 4.78 is 1.13. The van der Waals surface area contributed by atoms with Gasteiger partial charge in [0, 0.05) is 46.9 Å². The first kappa shape index (κ1) is 11.3. The molecule has 0 amide bonds. The number of hydrogen-bond donors (Lipinski definition) is 1. The SMILES string of the molecule is Nc1cccc(Br)c1CN1CCSCC1. The minimum atomic E-state index is 0.891. The van der Waals surface area contributed by atoms with Crippen LogP contribution in [0, 0.1) is 0 Å². The zero-order valence-electron chi connectivity index (χ0n) is 8.58. The van der Waals surface area contributed by atoms with Crippen LogP contribution in [0.15, 0.2) is 22.7 Å². The molecule has 0 bridgehead atoms. The lowest BCUT2D eigenvalue weighted by Gasteiger charge is -2.27. The van der Waals surface area contributed by atoms with Crippen LogP contribution in [0.25, 0.3) is 0 Å². The Bertz CT molecular complexity index is 317. The summed E-state index contributed by atoms with van der Waals surface area (Å²) in [6.07, 6.45) is 0. The third kappa shape index (κ3) is 2.89. The van der Waals surface area contributed by atoms with Gasteiger partial charge in [0.1, 0.15) is 0 Å². The molecule has 1 aromatic rings. The fraction of sp³-hybridized carbons (Fsp3) is 0.455. The van der Waals surface area contributed by atoms with Crippen molar-refractivity contribution in [1.82, 2.24) is 4.90 Å². The lowest BCUT2D eigenvalue weighted by atomic mass is 10.1. The quantitative estimate of drug-likeness (QED) is 0.848. The zero-order valence-corrected chi connectivity index (χ0v) is 11.0. The van der Waals surface area contributed by atoms with Crippen molar-refractivity contribution in [2.45, 2.75) is 6.54 Å². The molecule has 0 spiro atoms. The van der Waals surface area contributed by atoms with Crippen LogP contribution in [-0.4, -0.2) is 29.5 Å². The maximum Gasteiger partial charge on any atom is 0.0371 e. The first-order chi connectivity index (χ1) is 7.27. The van der Waals surface area contributed by atoms with Crippen molar-refractivity contribution >= 4 is 33.4 Å². The molecule has 1 aliphatic rings. The van der Waals surface area contributed by atoms with Gasteiger partial charge in [-0.25, -0.2) is 0 Å². The number of nitrogens with zero attached hydrogens (tertiary/aromatic N) is 1. The zero-order chi connectivity index (χ0) is 10.7. The molecular formula is C11H15BrN2S. The molecule has 1 saturated heterocycles. The predicted molar refractivity (Wildman–Crippen MR) is 71.2 cm³/mol. The summed E-state index contributed by atoms with van der Waals surface area (Å²) in [6, 6.07) is 6.01. The maximum atomic E-state index is 5.98. The van der Waals surface area contributed by atoms with E-state index in [2.05, 4.69) is 26.9 Å². The van der Waals surface area contributed by atoms with Gasteiger partial charge in [-0.1, -0.05) is 22.0 Å². The molecule has 1 aliphatic heterocycles. The number of halogens is 1. The van der Waals surface area contributed by atoms with Crippen LogP contribution in [0.3, 0.4) is 0 Å². The second-order valence-electron chi connectivity index (χ2n) is 3.70. The van der Waals surface area contributed by atoms with E-state index in [-0.39, 0.29) is 0 Å². The summed E-state index contributed by atoms with van der Waals surface area (Å²) in [7, 11) is 0. The molecule has 2 N–H and O–H groups in total. The lowest BCUT2D eigenvalue weighted by Crippen LogP contribution is -2.32. The van der Waals surface area contributed by atoms with E-state index in [1.807, 2.05) is 23.9 Å². The monoisotopic (exact) mass is 286 g/mol. The lowest BCUT2D eigenvalue weighted by molar-refractivity contribution is 0.294. The summed E-state index contributed by atoms with van der Waals surface area (Å²) >= 11 is 5.60. The van der Waals surface area contributed by atoms with Crippen molar-refractivity contribution in [2.24, 2.45) is 0 Å². The molecule has 0 aromatic heterocycles. The van der Waals surface area contributed by atoms with Crippen LogP contribution in [-0.2, 0) is 6.54 Å². The normalized spacial score (nSPS) is 17.9. The molecule has 4 heteroatoms. The van der Waals surface area contributed by atoms with Gasteiger partial charge in [0.05, 0.1) is 0 Å². The van der Waals surface area contributed by atoms with Crippen LogP contribution in [0.1, 0.15) is 5.56 Å². The van der Waals surface area contributed by atoms with Gasteiger partial charge in [0.2, 0.25) is 0 Å². The van der Waals surface area contributed by atoms with E-state index in [4.69, 9.17) is 5.73 Å². The third-order valence-corrected chi connectivity index (χ3v) is 4.33. The standard InChI is InChI=1S/C11H15BrN2S/c12-10-2-1-3-11(13)9(10)8-14-4-6-15-7-5-14/h1-3H,4-8,13H2. The first-order valence-electron chi connectivity index (χ1n) is 5.10. The molecule has 2 rings (SSSR count). The number of hydrogen-bond acceptors (Lipinski definition) is 3. The molecule has 15 heavy (non-hydrogen) atoms. The average molecular weight is 287 g/mol. The van der Waals surface area contributed by atoms with Crippen LogP contribution < -0.4 is 5.73 Å². The highest BCUT2D eigenvalue weighted by Gasteiger charge is 2.13. The summed E-state index contributed by atoms with van der Waals surface area (Å²) in [5, 5.41) is 0. The Kier molecular flexibility index (Phi) is 3.94. The van der Waals surface area contributed by atoms with Crippen molar-refractivity contribution < 1.29 is 0 Å². The molecule has 1 aromatic carbocycles. The predicted octanol–water partition coefficient (Wildman–Crippen LogP) is 2.58. The van der Waals surface area contributed by atoms with Gasteiger partial charge in [0.15, 0.2) is 0 Å². The molecule has 1 heterocycles. The van der Waals surface area contributed by atoms with E-state index in [9.17, 15) is 0 Å². The minimum absolute atomic E-state index is 0.891. The average Bonchev–Trinajstić information content (AvgIpc) is 2.25. The number of nitrogens with two attached hydrogens (primary N) is 1. The molecule has 2 nitrogen and oxygen atoms in total. The minimum Gasteiger partial charge on any atom is -0.398 e. The van der Waals surface area contributed by atoms with Crippen LogP contribution in [0.5, 0.6) is 0 Å². The Morgan fingerprint density at radius 1 is 1.33 bits per heavy atom. The Labute approximate surface area is 103 Å². The van der Waals surface area contributed by atoms with Crippen molar-refractivity contribution in [3.05, 3.63) is 28.2 Å². The van der Waals surface area contributed by atoms with Crippen LogP contribution >= 0.6 is 27.7 Å². The van der Waals surface area contributed by atoms with E-state index < -0.39 is 0 Å². The maximum absolute atomic E-state index is 5.98. The van der Waals surface area contributed by atoms with Crippen molar-refractivity contribution in [3.8, 4) is 0 Å². The van der Waals surface area contributed by atoms with E-state index in [1.54, 1.807) is 0 Å². The van der Waals surface area contributed by atoms with E-state index in [0.717, 1.165) is 16.7 Å². The molecule has 1 fully saturated rings. The van der Waals surface area contributed by atoms with Crippen LogP contribution in [0.4, 0.5) is 5.69 Å². The van der Waals surface area contributed by atoms with Gasteiger partial charge >= 0.3 is 0 Å². The number of benzene rings is 1. The van der Waals surface area contributed by atoms with Crippen molar-refractivity contribution in [1.29, 1.82) is 0 Å². The van der Waals surface area contributed by atoms with E-state index >= 15 is 0 Å². The summed E-state index contributed by atoms with van der Waals surface area (Å²) in [4.78, 5) is 2.47. The molecular weight excluding hydrogens is 272 g/mol. The molecule has 0 atom stereocenters. The Hall–Kier alpha value is -0.190. The second kappa shape index (κ2) is 5.23. The Morgan fingerprint density at radius 3 is 2.73 bits per heavy atom. The largest absolute Gasteiger partial charge is 0.398 e. The molecule has 0 unspecified atom stereocenters.